The van der Waals surface area contributed by atoms with Gasteiger partial charge in [0.1, 0.15) is 0 Å². The van der Waals surface area contributed by atoms with Crippen molar-refractivity contribution >= 4 is 5.69 Å². The largest absolute Gasteiger partial charge is 0.381 e. The molecule has 1 unspecified atom stereocenters. The maximum atomic E-state index is 5.85. The van der Waals surface area contributed by atoms with Crippen LogP contribution < -0.4 is 5.32 Å². The Hall–Kier alpha value is -1.06. The second-order valence-corrected chi connectivity index (χ2v) is 6.03. The molecular formula is C17H27NO2. The lowest BCUT2D eigenvalue weighted by atomic mass is 9.86. The fourth-order valence-electron chi connectivity index (χ4n) is 2.90. The molecule has 0 aromatic heterocycles. The van der Waals surface area contributed by atoms with E-state index in [-0.39, 0.29) is 11.6 Å². The third-order valence-corrected chi connectivity index (χ3v) is 4.47. The fraction of sp³-hybridized carbons (Fsp3) is 0.647. The van der Waals surface area contributed by atoms with Crippen molar-refractivity contribution in [1.82, 2.24) is 0 Å². The summed E-state index contributed by atoms with van der Waals surface area (Å²) in [6.07, 6.45) is 1.89. The van der Waals surface area contributed by atoms with Gasteiger partial charge in [-0.3, -0.25) is 0 Å². The maximum absolute atomic E-state index is 5.85. The third-order valence-electron chi connectivity index (χ3n) is 4.47. The summed E-state index contributed by atoms with van der Waals surface area (Å²) in [4.78, 5) is 0. The standard InChI is InChI=1S/C17H27NO2/c1-13(2)15-6-5-7-16(12-15)18-14(3)17(19-4)8-10-20-11-9-17/h5-7,12-14,18H,8-11H2,1-4H3. The lowest BCUT2D eigenvalue weighted by Crippen LogP contribution is -2.50. The van der Waals surface area contributed by atoms with Crippen molar-refractivity contribution in [2.75, 3.05) is 25.6 Å². The Bertz CT molecular complexity index is 425. The summed E-state index contributed by atoms with van der Waals surface area (Å²) in [5.41, 5.74) is 2.42. The Morgan fingerprint density at radius 1 is 1.20 bits per heavy atom. The number of rotatable bonds is 5. The Morgan fingerprint density at radius 2 is 1.90 bits per heavy atom. The number of hydrogen-bond donors (Lipinski definition) is 1. The van der Waals surface area contributed by atoms with Crippen molar-refractivity contribution in [3.63, 3.8) is 0 Å². The molecule has 0 saturated carbocycles. The second-order valence-electron chi connectivity index (χ2n) is 6.03. The molecule has 1 aromatic rings. The molecule has 20 heavy (non-hydrogen) atoms. The van der Waals surface area contributed by atoms with Crippen LogP contribution in [-0.2, 0) is 9.47 Å². The van der Waals surface area contributed by atoms with Crippen LogP contribution >= 0.6 is 0 Å². The van der Waals surface area contributed by atoms with Crippen LogP contribution in [0.2, 0.25) is 0 Å². The first-order valence-corrected chi connectivity index (χ1v) is 7.57. The molecule has 1 aliphatic heterocycles. The molecule has 0 amide bonds. The Balaban J connectivity index is 2.09. The molecule has 3 nitrogen and oxygen atoms in total. The highest BCUT2D eigenvalue weighted by Crippen LogP contribution is 2.30. The number of hydrogen-bond acceptors (Lipinski definition) is 3. The van der Waals surface area contributed by atoms with Crippen LogP contribution in [-0.4, -0.2) is 32.0 Å². The zero-order valence-electron chi connectivity index (χ0n) is 13.1. The minimum atomic E-state index is -0.119. The molecule has 0 radical (unpaired) electrons. The molecule has 1 saturated heterocycles. The topological polar surface area (TPSA) is 30.5 Å². The third kappa shape index (κ3) is 3.33. The summed E-state index contributed by atoms with van der Waals surface area (Å²) >= 11 is 0. The van der Waals surface area contributed by atoms with E-state index in [1.807, 2.05) is 7.11 Å². The molecule has 0 spiro atoms. The van der Waals surface area contributed by atoms with Crippen molar-refractivity contribution in [3.8, 4) is 0 Å². The van der Waals surface area contributed by atoms with Crippen LogP contribution in [0, 0.1) is 0 Å². The quantitative estimate of drug-likeness (QED) is 0.888. The highest BCUT2D eigenvalue weighted by molar-refractivity contribution is 5.47. The molecule has 1 heterocycles. The van der Waals surface area contributed by atoms with Crippen molar-refractivity contribution in [3.05, 3.63) is 29.8 Å². The van der Waals surface area contributed by atoms with Gasteiger partial charge in [0.25, 0.3) is 0 Å². The van der Waals surface area contributed by atoms with Gasteiger partial charge in [0.15, 0.2) is 0 Å². The lowest BCUT2D eigenvalue weighted by Gasteiger charge is -2.41. The summed E-state index contributed by atoms with van der Waals surface area (Å²) in [6.45, 7) is 8.21. The van der Waals surface area contributed by atoms with Crippen LogP contribution in [0.15, 0.2) is 24.3 Å². The highest BCUT2D eigenvalue weighted by atomic mass is 16.5. The molecule has 1 aromatic carbocycles. The van der Waals surface area contributed by atoms with Gasteiger partial charge < -0.3 is 14.8 Å². The molecule has 1 fully saturated rings. The van der Waals surface area contributed by atoms with Crippen molar-refractivity contribution < 1.29 is 9.47 Å². The molecule has 1 aliphatic rings. The molecule has 2 rings (SSSR count). The monoisotopic (exact) mass is 277 g/mol. The summed E-state index contributed by atoms with van der Waals surface area (Å²) in [5, 5.41) is 3.62. The van der Waals surface area contributed by atoms with Crippen LogP contribution in [0.25, 0.3) is 0 Å². The van der Waals surface area contributed by atoms with Crippen molar-refractivity contribution in [1.29, 1.82) is 0 Å². The SMILES string of the molecule is COC1(C(C)Nc2cccc(C(C)C)c2)CCOCC1. The first-order valence-electron chi connectivity index (χ1n) is 7.57. The van der Waals surface area contributed by atoms with Crippen LogP contribution in [0.4, 0.5) is 5.69 Å². The number of nitrogens with one attached hydrogen (secondary N) is 1. The molecule has 0 aliphatic carbocycles. The average molecular weight is 277 g/mol. The molecule has 1 N–H and O–H groups in total. The average Bonchev–Trinajstić information content (AvgIpc) is 2.48. The van der Waals surface area contributed by atoms with Gasteiger partial charge in [-0.05, 0) is 30.5 Å². The number of benzene rings is 1. The zero-order chi connectivity index (χ0) is 14.6. The van der Waals surface area contributed by atoms with E-state index in [4.69, 9.17) is 9.47 Å². The normalized spacial score (nSPS) is 19.9. The number of anilines is 1. The van der Waals surface area contributed by atoms with Crippen molar-refractivity contribution in [2.24, 2.45) is 0 Å². The molecular weight excluding hydrogens is 250 g/mol. The Morgan fingerprint density at radius 3 is 2.50 bits per heavy atom. The summed E-state index contributed by atoms with van der Waals surface area (Å²) < 4.78 is 11.3. The van der Waals surface area contributed by atoms with Gasteiger partial charge >= 0.3 is 0 Å². The van der Waals surface area contributed by atoms with E-state index in [0.717, 1.165) is 26.1 Å². The first-order chi connectivity index (χ1) is 9.57. The number of ether oxygens (including phenoxy) is 2. The summed E-state index contributed by atoms with van der Waals surface area (Å²) in [6, 6.07) is 8.93. The van der Waals surface area contributed by atoms with E-state index in [1.165, 1.54) is 11.3 Å². The van der Waals surface area contributed by atoms with Gasteiger partial charge in [0.2, 0.25) is 0 Å². The fourth-order valence-corrected chi connectivity index (χ4v) is 2.90. The Labute approximate surface area is 122 Å². The van der Waals surface area contributed by atoms with Gasteiger partial charge in [0, 0.05) is 38.9 Å². The zero-order valence-corrected chi connectivity index (χ0v) is 13.1. The lowest BCUT2D eigenvalue weighted by molar-refractivity contribution is -0.0969. The van der Waals surface area contributed by atoms with E-state index in [9.17, 15) is 0 Å². The molecule has 112 valence electrons. The molecule has 3 heteroatoms. The van der Waals surface area contributed by atoms with Gasteiger partial charge in [0.05, 0.1) is 11.6 Å². The van der Waals surface area contributed by atoms with Gasteiger partial charge in [-0.1, -0.05) is 26.0 Å². The van der Waals surface area contributed by atoms with Gasteiger partial charge in [-0.25, -0.2) is 0 Å². The molecule has 0 bridgehead atoms. The second kappa shape index (κ2) is 6.59. The predicted octanol–water partition coefficient (Wildman–Crippen LogP) is 3.81. The van der Waals surface area contributed by atoms with Crippen LogP contribution in [0.1, 0.15) is 45.1 Å². The van der Waals surface area contributed by atoms with E-state index in [2.05, 4.69) is 50.4 Å². The minimum absolute atomic E-state index is 0.119. The van der Waals surface area contributed by atoms with E-state index in [1.54, 1.807) is 0 Å². The van der Waals surface area contributed by atoms with E-state index < -0.39 is 0 Å². The summed E-state index contributed by atoms with van der Waals surface area (Å²) in [5.74, 6) is 0.548. The van der Waals surface area contributed by atoms with Crippen LogP contribution in [0.5, 0.6) is 0 Å². The Kier molecular flexibility index (Phi) is 5.06. The van der Waals surface area contributed by atoms with Gasteiger partial charge in [-0.2, -0.15) is 0 Å². The number of methoxy groups -OCH3 is 1. The molecule has 1 atom stereocenters. The van der Waals surface area contributed by atoms with Gasteiger partial charge in [-0.15, -0.1) is 0 Å². The van der Waals surface area contributed by atoms with Crippen molar-refractivity contribution in [2.45, 2.75) is 51.2 Å². The summed E-state index contributed by atoms with van der Waals surface area (Å²) in [7, 11) is 1.81. The highest BCUT2D eigenvalue weighted by Gasteiger charge is 2.38. The minimum Gasteiger partial charge on any atom is -0.381 e. The van der Waals surface area contributed by atoms with Crippen LogP contribution in [0.3, 0.4) is 0 Å². The maximum Gasteiger partial charge on any atom is 0.0919 e. The van der Waals surface area contributed by atoms with E-state index >= 15 is 0 Å². The predicted molar refractivity (Wildman–Crippen MR) is 83.4 cm³/mol. The van der Waals surface area contributed by atoms with E-state index in [0.29, 0.717) is 5.92 Å². The smallest absolute Gasteiger partial charge is 0.0919 e. The first kappa shape index (κ1) is 15.3.